The van der Waals surface area contributed by atoms with E-state index >= 15 is 0 Å². The summed E-state index contributed by atoms with van der Waals surface area (Å²) in [5.74, 6) is 0.898. The van der Waals surface area contributed by atoms with Gasteiger partial charge in [-0.25, -0.2) is 0 Å². The molecule has 29 heavy (non-hydrogen) atoms. The number of hydrogen-bond donors (Lipinski definition) is 0. The van der Waals surface area contributed by atoms with Crippen LogP contribution in [0.15, 0.2) is 64.0 Å². The number of fused-ring (bicyclic) bond motifs is 1. The average molecular weight is 456 g/mol. The van der Waals surface area contributed by atoms with Crippen LogP contribution in [0.25, 0.3) is 10.9 Å². The van der Waals surface area contributed by atoms with E-state index in [1.165, 1.54) is 6.07 Å². The second-order valence-corrected chi connectivity index (χ2v) is 7.95. The molecule has 7 heteroatoms. The van der Waals surface area contributed by atoms with Gasteiger partial charge in [0.1, 0.15) is 12.3 Å². The van der Waals surface area contributed by atoms with Crippen LogP contribution in [0.4, 0.5) is 5.69 Å². The van der Waals surface area contributed by atoms with Crippen molar-refractivity contribution in [2.75, 3.05) is 38.2 Å². The van der Waals surface area contributed by atoms with Gasteiger partial charge in [-0.3, -0.25) is 9.59 Å². The number of aromatic nitrogens is 1. The van der Waals surface area contributed by atoms with Gasteiger partial charge in [-0.2, -0.15) is 0 Å². The van der Waals surface area contributed by atoms with Gasteiger partial charge in [-0.15, -0.1) is 0 Å². The van der Waals surface area contributed by atoms with Gasteiger partial charge < -0.3 is 19.1 Å². The predicted octanol–water partition coefficient (Wildman–Crippen LogP) is 3.12. The molecular weight excluding hydrogens is 434 g/mol. The maximum atomic E-state index is 12.9. The van der Waals surface area contributed by atoms with Crippen LogP contribution in [0.2, 0.25) is 0 Å². The summed E-state index contributed by atoms with van der Waals surface area (Å²) < 4.78 is 7.91. The maximum Gasteiger partial charge on any atom is 0.242 e. The molecule has 2 heterocycles. The van der Waals surface area contributed by atoms with Gasteiger partial charge >= 0.3 is 0 Å². The number of anilines is 1. The molecule has 0 saturated carbocycles. The number of piperazine rings is 1. The molecule has 0 unspecified atom stereocenters. The molecule has 4 rings (SSSR count). The van der Waals surface area contributed by atoms with Gasteiger partial charge in [0.15, 0.2) is 5.43 Å². The minimum absolute atomic E-state index is 0.0434. The van der Waals surface area contributed by atoms with Crippen LogP contribution in [0.5, 0.6) is 5.75 Å². The number of benzene rings is 2. The van der Waals surface area contributed by atoms with Crippen molar-refractivity contribution in [3.05, 3.63) is 69.4 Å². The van der Waals surface area contributed by atoms with Crippen LogP contribution in [0, 0.1) is 0 Å². The Hall–Kier alpha value is -2.80. The number of hydrogen-bond acceptors (Lipinski definition) is 4. The Labute approximate surface area is 177 Å². The molecule has 1 amide bonds. The molecule has 0 spiro atoms. The van der Waals surface area contributed by atoms with E-state index in [9.17, 15) is 9.59 Å². The van der Waals surface area contributed by atoms with Crippen molar-refractivity contribution in [3.8, 4) is 5.75 Å². The molecule has 2 aromatic carbocycles. The molecule has 1 saturated heterocycles. The number of rotatable bonds is 4. The Kier molecular flexibility index (Phi) is 5.58. The first-order valence-electron chi connectivity index (χ1n) is 9.50. The molecule has 1 aromatic heterocycles. The third kappa shape index (κ3) is 4.15. The van der Waals surface area contributed by atoms with Crippen molar-refractivity contribution in [1.29, 1.82) is 0 Å². The van der Waals surface area contributed by atoms with E-state index in [0.717, 1.165) is 34.5 Å². The molecule has 1 aliphatic rings. The number of halogens is 1. The zero-order chi connectivity index (χ0) is 20.4. The highest BCUT2D eigenvalue weighted by Gasteiger charge is 2.21. The van der Waals surface area contributed by atoms with E-state index in [-0.39, 0.29) is 17.9 Å². The molecule has 0 N–H and O–H groups in total. The lowest BCUT2D eigenvalue weighted by molar-refractivity contribution is -0.132. The van der Waals surface area contributed by atoms with Crippen molar-refractivity contribution < 1.29 is 9.53 Å². The SMILES string of the molecule is COc1ccc(N2CCN(C(=O)Cn3ccc(=O)c4cc(Br)ccc43)CC2)cc1. The Bertz CT molecular complexity index is 1090. The smallest absolute Gasteiger partial charge is 0.242 e. The first-order valence-corrected chi connectivity index (χ1v) is 10.3. The van der Waals surface area contributed by atoms with Crippen LogP contribution < -0.4 is 15.1 Å². The molecule has 150 valence electrons. The average Bonchev–Trinajstić information content (AvgIpc) is 2.76. The van der Waals surface area contributed by atoms with Crippen molar-refractivity contribution in [1.82, 2.24) is 9.47 Å². The number of methoxy groups -OCH3 is 1. The number of pyridine rings is 1. The van der Waals surface area contributed by atoms with Gasteiger partial charge in [0.25, 0.3) is 0 Å². The molecule has 1 fully saturated rings. The fraction of sp³-hybridized carbons (Fsp3) is 0.273. The molecule has 0 radical (unpaired) electrons. The Morgan fingerprint density at radius 2 is 1.76 bits per heavy atom. The largest absolute Gasteiger partial charge is 0.497 e. The summed E-state index contributed by atoms with van der Waals surface area (Å²) in [7, 11) is 1.66. The van der Waals surface area contributed by atoms with E-state index in [2.05, 4.69) is 20.8 Å². The number of carbonyl (C=O) groups excluding carboxylic acids is 1. The Morgan fingerprint density at radius 3 is 2.45 bits per heavy atom. The van der Waals surface area contributed by atoms with Crippen molar-refractivity contribution in [3.63, 3.8) is 0 Å². The number of amides is 1. The normalized spacial score (nSPS) is 14.3. The molecular formula is C22H22BrN3O3. The quantitative estimate of drug-likeness (QED) is 0.606. The maximum absolute atomic E-state index is 12.9. The third-order valence-electron chi connectivity index (χ3n) is 5.31. The van der Waals surface area contributed by atoms with Crippen molar-refractivity contribution >= 4 is 38.4 Å². The van der Waals surface area contributed by atoms with Gasteiger partial charge in [-0.1, -0.05) is 15.9 Å². The van der Waals surface area contributed by atoms with Crippen LogP contribution in [-0.4, -0.2) is 48.7 Å². The Morgan fingerprint density at radius 1 is 1.03 bits per heavy atom. The van der Waals surface area contributed by atoms with Crippen LogP contribution in [0.3, 0.4) is 0 Å². The summed E-state index contributed by atoms with van der Waals surface area (Å²) in [5, 5.41) is 0.610. The lowest BCUT2D eigenvalue weighted by Crippen LogP contribution is -2.49. The topological polar surface area (TPSA) is 54.8 Å². The summed E-state index contributed by atoms with van der Waals surface area (Å²) in [6.07, 6.45) is 1.70. The predicted molar refractivity (Wildman–Crippen MR) is 118 cm³/mol. The molecule has 6 nitrogen and oxygen atoms in total. The van der Waals surface area contributed by atoms with Crippen molar-refractivity contribution in [2.45, 2.75) is 6.54 Å². The number of nitrogens with zero attached hydrogens (tertiary/aromatic N) is 3. The summed E-state index contributed by atoms with van der Waals surface area (Å²) in [6.45, 7) is 3.15. The zero-order valence-electron chi connectivity index (χ0n) is 16.2. The summed E-state index contributed by atoms with van der Waals surface area (Å²) in [6, 6.07) is 15.1. The first kappa shape index (κ1) is 19.5. The van der Waals surface area contributed by atoms with Crippen molar-refractivity contribution in [2.24, 2.45) is 0 Å². The first-order chi connectivity index (χ1) is 14.0. The highest BCUT2D eigenvalue weighted by Crippen LogP contribution is 2.21. The number of carbonyl (C=O) groups is 1. The molecule has 0 aliphatic carbocycles. The van der Waals surface area contributed by atoms with E-state index in [0.29, 0.717) is 18.5 Å². The second kappa shape index (κ2) is 8.29. The van der Waals surface area contributed by atoms with Gasteiger partial charge in [0.2, 0.25) is 5.91 Å². The molecule has 0 bridgehead atoms. The van der Waals surface area contributed by atoms with E-state index in [4.69, 9.17) is 4.74 Å². The highest BCUT2D eigenvalue weighted by atomic mass is 79.9. The number of ether oxygens (including phenoxy) is 1. The van der Waals surface area contributed by atoms with Crippen LogP contribution >= 0.6 is 15.9 Å². The molecule has 0 atom stereocenters. The van der Waals surface area contributed by atoms with Gasteiger partial charge in [-0.05, 0) is 42.5 Å². The fourth-order valence-corrected chi connectivity index (χ4v) is 4.04. The van der Waals surface area contributed by atoms with Gasteiger partial charge in [0, 0.05) is 54.0 Å². The molecule has 3 aromatic rings. The lowest BCUT2D eigenvalue weighted by atomic mass is 10.2. The minimum atomic E-state index is -0.0434. The zero-order valence-corrected chi connectivity index (χ0v) is 17.8. The summed E-state index contributed by atoms with van der Waals surface area (Å²) in [5.41, 5.74) is 1.86. The van der Waals surface area contributed by atoms with E-state index in [1.54, 1.807) is 19.4 Å². The minimum Gasteiger partial charge on any atom is -0.497 e. The van der Waals surface area contributed by atoms with Crippen LogP contribution in [0.1, 0.15) is 0 Å². The monoisotopic (exact) mass is 455 g/mol. The lowest BCUT2D eigenvalue weighted by Gasteiger charge is -2.36. The highest BCUT2D eigenvalue weighted by molar-refractivity contribution is 9.10. The van der Waals surface area contributed by atoms with E-state index in [1.807, 2.05) is 45.9 Å². The standard InChI is InChI=1S/C22H22BrN3O3/c1-29-18-5-3-17(4-6-18)24-10-12-25(13-11-24)22(28)15-26-9-8-21(27)19-14-16(23)2-7-20(19)26/h2-9,14H,10-13,15H2,1H3. The van der Waals surface area contributed by atoms with E-state index < -0.39 is 0 Å². The fourth-order valence-electron chi connectivity index (χ4n) is 3.67. The Balaban J connectivity index is 1.43. The summed E-state index contributed by atoms with van der Waals surface area (Å²) >= 11 is 3.40. The summed E-state index contributed by atoms with van der Waals surface area (Å²) in [4.78, 5) is 29.2. The molecule has 1 aliphatic heterocycles. The third-order valence-corrected chi connectivity index (χ3v) is 5.81. The second-order valence-electron chi connectivity index (χ2n) is 7.04. The van der Waals surface area contributed by atoms with Crippen LogP contribution in [-0.2, 0) is 11.3 Å². The van der Waals surface area contributed by atoms with Gasteiger partial charge in [0.05, 0.1) is 12.6 Å².